The van der Waals surface area contributed by atoms with Crippen molar-refractivity contribution in [2.24, 2.45) is 0 Å². The van der Waals surface area contributed by atoms with E-state index >= 15 is 0 Å². The summed E-state index contributed by atoms with van der Waals surface area (Å²) in [5.41, 5.74) is 0.773. The third-order valence-corrected chi connectivity index (χ3v) is 3.61. The summed E-state index contributed by atoms with van der Waals surface area (Å²) >= 11 is 0. The van der Waals surface area contributed by atoms with Crippen molar-refractivity contribution in [3.63, 3.8) is 0 Å². The molecule has 1 unspecified atom stereocenters. The van der Waals surface area contributed by atoms with Gasteiger partial charge in [-0.3, -0.25) is 4.79 Å². The average Bonchev–Trinajstić information content (AvgIpc) is 2.46. The molecule has 1 atom stereocenters. The van der Waals surface area contributed by atoms with Crippen molar-refractivity contribution in [3.8, 4) is 5.75 Å². The first kappa shape index (κ1) is 15.5. The highest BCUT2D eigenvalue weighted by Gasteiger charge is 2.21. The van der Waals surface area contributed by atoms with Gasteiger partial charge in [0.15, 0.2) is 0 Å². The van der Waals surface area contributed by atoms with Gasteiger partial charge in [-0.05, 0) is 50.0 Å². The van der Waals surface area contributed by atoms with Crippen LogP contribution in [0.2, 0.25) is 0 Å². The first-order valence-corrected chi connectivity index (χ1v) is 7.10. The minimum atomic E-state index is -2.83. The van der Waals surface area contributed by atoms with E-state index in [4.69, 9.17) is 0 Å². The van der Waals surface area contributed by atoms with Crippen LogP contribution in [0.1, 0.15) is 31.7 Å². The Hall–Kier alpha value is -1.91. The molecule has 1 aliphatic rings. The van der Waals surface area contributed by atoms with Gasteiger partial charge in [0, 0.05) is 18.7 Å². The van der Waals surface area contributed by atoms with Crippen molar-refractivity contribution in [2.45, 2.75) is 38.8 Å². The second kappa shape index (κ2) is 7.20. The summed E-state index contributed by atoms with van der Waals surface area (Å²) in [6.07, 6.45) is 6.48. The van der Waals surface area contributed by atoms with Crippen LogP contribution < -0.4 is 4.74 Å². The number of likely N-dealkylation sites (tertiary alicyclic amines) is 1. The van der Waals surface area contributed by atoms with Crippen molar-refractivity contribution in [1.29, 1.82) is 0 Å². The number of rotatable bonds is 4. The zero-order valence-corrected chi connectivity index (χ0v) is 12.0. The Morgan fingerprint density at radius 3 is 2.67 bits per heavy atom. The number of amides is 1. The summed E-state index contributed by atoms with van der Waals surface area (Å²) in [6, 6.07) is 6.47. The van der Waals surface area contributed by atoms with E-state index in [1.807, 2.05) is 4.90 Å². The SMILES string of the molecule is CC1CCCCN1C(=O)C=Cc1ccc(OC(F)F)cc1. The second-order valence-corrected chi connectivity index (χ2v) is 5.16. The monoisotopic (exact) mass is 295 g/mol. The van der Waals surface area contributed by atoms with Crippen LogP contribution in [-0.2, 0) is 4.79 Å². The molecule has 1 heterocycles. The molecule has 1 saturated heterocycles. The Labute approximate surface area is 123 Å². The fourth-order valence-electron chi connectivity index (χ4n) is 2.45. The smallest absolute Gasteiger partial charge is 0.387 e. The molecule has 5 heteroatoms. The Bertz CT molecular complexity index is 500. The fourth-order valence-corrected chi connectivity index (χ4v) is 2.45. The third-order valence-electron chi connectivity index (χ3n) is 3.61. The number of alkyl halides is 2. The lowest BCUT2D eigenvalue weighted by atomic mass is 10.0. The number of carbonyl (C=O) groups is 1. The lowest BCUT2D eigenvalue weighted by Gasteiger charge is -2.32. The van der Waals surface area contributed by atoms with E-state index in [-0.39, 0.29) is 17.7 Å². The molecule has 0 aromatic heterocycles. The van der Waals surface area contributed by atoms with Gasteiger partial charge in [-0.2, -0.15) is 8.78 Å². The van der Waals surface area contributed by atoms with Crippen LogP contribution in [0.25, 0.3) is 6.08 Å². The van der Waals surface area contributed by atoms with Gasteiger partial charge in [-0.1, -0.05) is 12.1 Å². The van der Waals surface area contributed by atoms with Gasteiger partial charge in [-0.15, -0.1) is 0 Å². The number of carbonyl (C=O) groups excluding carboxylic acids is 1. The van der Waals surface area contributed by atoms with E-state index in [1.165, 1.54) is 24.6 Å². The van der Waals surface area contributed by atoms with Gasteiger partial charge in [0.2, 0.25) is 5.91 Å². The van der Waals surface area contributed by atoms with Crippen LogP contribution >= 0.6 is 0 Å². The van der Waals surface area contributed by atoms with Crippen molar-refractivity contribution >= 4 is 12.0 Å². The number of ether oxygens (including phenoxy) is 1. The van der Waals surface area contributed by atoms with Crippen molar-refractivity contribution < 1.29 is 18.3 Å². The van der Waals surface area contributed by atoms with E-state index < -0.39 is 6.61 Å². The minimum Gasteiger partial charge on any atom is -0.435 e. The van der Waals surface area contributed by atoms with E-state index in [0.29, 0.717) is 0 Å². The van der Waals surface area contributed by atoms with Crippen molar-refractivity contribution in [2.75, 3.05) is 6.54 Å². The molecule has 2 rings (SSSR count). The summed E-state index contributed by atoms with van der Waals surface area (Å²) in [6.45, 7) is 0.0286. The molecule has 0 N–H and O–H groups in total. The summed E-state index contributed by atoms with van der Waals surface area (Å²) in [7, 11) is 0. The molecule has 1 aromatic rings. The number of halogens is 2. The topological polar surface area (TPSA) is 29.5 Å². The van der Waals surface area contributed by atoms with E-state index in [2.05, 4.69) is 11.7 Å². The lowest BCUT2D eigenvalue weighted by molar-refractivity contribution is -0.129. The molecule has 1 aromatic carbocycles. The maximum Gasteiger partial charge on any atom is 0.387 e. The van der Waals surface area contributed by atoms with Gasteiger partial charge >= 0.3 is 6.61 Å². The van der Waals surface area contributed by atoms with Crippen LogP contribution in [0.15, 0.2) is 30.3 Å². The van der Waals surface area contributed by atoms with Crippen LogP contribution in [-0.4, -0.2) is 30.0 Å². The van der Waals surface area contributed by atoms with E-state index in [9.17, 15) is 13.6 Å². The maximum atomic E-state index is 12.1. The molecule has 0 aliphatic carbocycles. The third kappa shape index (κ3) is 4.55. The molecular formula is C16H19F2NO2. The quantitative estimate of drug-likeness (QED) is 0.793. The molecule has 114 valence electrons. The highest BCUT2D eigenvalue weighted by atomic mass is 19.3. The predicted molar refractivity (Wildman–Crippen MR) is 77.1 cm³/mol. The number of piperidine rings is 1. The first-order chi connectivity index (χ1) is 10.1. The molecular weight excluding hydrogens is 276 g/mol. The number of hydrogen-bond acceptors (Lipinski definition) is 2. The molecule has 0 bridgehead atoms. The zero-order valence-electron chi connectivity index (χ0n) is 12.0. The highest BCUT2D eigenvalue weighted by molar-refractivity contribution is 5.92. The van der Waals surface area contributed by atoms with Crippen molar-refractivity contribution in [1.82, 2.24) is 4.90 Å². The van der Waals surface area contributed by atoms with Crippen LogP contribution in [0, 0.1) is 0 Å². The molecule has 0 saturated carbocycles. The second-order valence-electron chi connectivity index (χ2n) is 5.16. The Balaban J connectivity index is 1.95. The van der Waals surface area contributed by atoms with E-state index in [1.54, 1.807) is 18.2 Å². The summed E-state index contributed by atoms with van der Waals surface area (Å²) in [5.74, 6) is 0.105. The zero-order chi connectivity index (χ0) is 15.2. The van der Waals surface area contributed by atoms with Crippen LogP contribution in [0.3, 0.4) is 0 Å². The summed E-state index contributed by atoms with van der Waals surface area (Å²) in [5, 5.41) is 0. The molecule has 21 heavy (non-hydrogen) atoms. The van der Waals surface area contributed by atoms with Gasteiger partial charge in [-0.25, -0.2) is 0 Å². The van der Waals surface area contributed by atoms with Gasteiger partial charge in [0.1, 0.15) is 5.75 Å². The summed E-state index contributed by atoms with van der Waals surface area (Å²) < 4.78 is 28.3. The van der Waals surface area contributed by atoms with Crippen molar-refractivity contribution in [3.05, 3.63) is 35.9 Å². The molecule has 3 nitrogen and oxygen atoms in total. The van der Waals surface area contributed by atoms with Gasteiger partial charge in [0.05, 0.1) is 0 Å². The average molecular weight is 295 g/mol. The lowest BCUT2D eigenvalue weighted by Crippen LogP contribution is -2.41. The molecule has 1 aliphatic heterocycles. The Morgan fingerprint density at radius 2 is 2.05 bits per heavy atom. The molecule has 1 fully saturated rings. The Morgan fingerprint density at radius 1 is 1.33 bits per heavy atom. The van der Waals surface area contributed by atoms with E-state index in [0.717, 1.165) is 24.9 Å². The van der Waals surface area contributed by atoms with Crippen LogP contribution in [0.5, 0.6) is 5.75 Å². The minimum absolute atomic E-state index is 0.00453. The van der Waals surface area contributed by atoms with Crippen LogP contribution in [0.4, 0.5) is 8.78 Å². The molecule has 0 radical (unpaired) electrons. The molecule has 1 amide bonds. The number of benzene rings is 1. The number of hydrogen-bond donors (Lipinski definition) is 0. The maximum absolute atomic E-state index is 12.1. The highest BCUT2D eigenvalue weighted by Crippen LogP contribution is 2.18. The number of nitrogens with zero attached hydrogens (tertiary/aromatic N) is 1. The predicted octanol–water partition coefficient (Wildman–Crippen LogP) is 3.70. The fraction of sp³-hybridized carbons (Fsp3) is 0.438. The molecule has 0 spiro atoms. The summed E-state index contributed by atoms with van der Waals surface area (Å²) in [4.78, 5) is 14.0. The van der Waals surface area contributed by atoms with Gasteiger partial charge < -0.3 is 9.64 Å². The first-order valence-electron chi connectivity index (χ1n) is 7.10. The Kier molecular flexibility index (Phi) is 5.31. The standard InChI is InChI=1S/C16H19F2NO2/c1-12-4-2-3-11-19(12)15(20)10-7-13-5-8-14(9-6-13)21-16(17)18/h5-10,12,16H,2-4,11H2,1H3. The largest absolute Gasteiger partial charge is 0.435 e. The normalized spacial score (nSPS) is 19.2. The van der Waals surface area contributed by atoms with Gasteiger partial charge in [0.25, 0.3) is 0 Å².